The molecule has 10 nitrogen and oxygen atoms in total. The highest BCUT2D eigenvalue weighted by molar-refractivity contribution is 7.88. The molecule has 4 aromatic rings. The number of imidazole rings is 1. The first-order valence-electron chi connectivity index (χ1n) is 8.99. The van der Waals surface area contributed by atoms with E-state index < -0.39 is 21.1 Å². The fourth-order valence-corrected chi connectivity index (χ4v) is 3.67. The number of hydrogen-bond donors (Lipinski definition) is 0. The fraction of sp³-hybridized carbons (Fsp3) is 0.100. The molecule has 0 atom stereocenters. The molecule has 4 rings (SSSR count). The van der Waals surface area contributed by atoms with Gasteiger partial charge in [-0.2, -0.15) is 17.9 Å². The number of hydrazone groups is 1. The van der Waals surface area contributed by atoms with E-state index in [1.807, 2.05) is 30.5 Å². The van der Waals surface area contributed by atoms with Gasteiger partial charge in [-0.05, 0) is 30.3 Å². The summed E-state index contributed by atoms with van der Waals surface area (Å²) in [5, 5.41) is 3.59. The van der Waals surface area contributed by atoms with E-state index in [9.17, 15) is 13.2 Å². The van der Waals surface area contributed by atoms with Crippen molar-refractivity contribution >= 4 is 27.9 Å². The minimum Gasteiger partial charge on any atom is -0.463 e. The average molecular weight is 439 g/mol. The van der Waals surface area contributed by atoms with E-state index in [1.54, 1.807) is 23.0 Å². The fourth-order valence-electron chi connectivity index (χ4n) is 2.80. The Kier molecular flexibility index (Phi) is 5.26. The van der Waals surface area contributed by atoms with Gasteiger partial charge in [-0.25, -0.2) is 9.78 Å². The summed E-state index contributed by atoms with van der Waals surface area (Å²) in [6.07, 6.45) is 8.26. The maximum Gasteiger partial charge on any atom is 0.374 e. The smallest absolute Gasteiger partial charge is 0.374 e. The van der Waals surface area contributed by atoms with Crippen LogP contribution < -0.4 is 0 Å². The Bertz CT molecular complexity index is 1380. The first-order valence-corrected chi connectivity index (χ1v) is 10.4. The van der Waals surface area contributed by atoms with Crippen LogP contribution in [0.25, 0.3) is 16.8 Å². The highest BCUT2D eigenvalue weighted by Gasteiger charge is 2.25. The predicted octanol–water partition coefficient (Wildman–Crippen LogP) is 2.43. The molecule has 4 aromatic heterocycles. The summed E-state index contributed by atoms with van der Waals surface area (Å²) in [4.78, 5) is 19.9. The lowest BCUT2D eigenvalue weighted by atomic mass is 10.1. The summed E-state index contributed by atoms with van der Waals surface area (Å²) >= 11 is 0. The molecule has 11 heteroatoms. The Labute approximate surface area is 177 Å². The molecule has 0 saturated heterocycles. The molecule has 0 radical (unpaired) electrons. The first-order chi connectivity index (χ1) is 14.9. The van der Waals surface area contributed by atoms with Crippen LogP contribution in [0.15, 0.2) is 75.8 Å². The van der Waals surface area contributed by atoms with Crippen molar-refractivity contribution in [2.45, 2.75) is 5.09 Å². The van der Waals surface area contributed by atoms with E-state index in [0.29, 0.717) is 11.3 Å². The number of rotatable bonds is 6. The van der Waals surface area contributed by atoms with Gasteiger partial charge in [0.15, 0.2) is 0 Å². The summed E-state index contributed by atoms with van der Waals surface area (Å²) in [5.74, 6) is -0.995. The van der Waals surface area contributed by atoms with Gasteiger partial charge in [0.25, 0.3) is 0 Å². The number of fused-ring (bicyclic) bond motifs is 1. The number of aromatic nitrogens is 3. The second-order valence-electron chi connectivity index (χ2n) is 6.36. The van der Waals surface area contributed by atoms with Crippen LogP contribution in [0.1, 0.15) is 16.2 Å². The molecule has 0 aromatic carbocycles. The summed E-state index contributed by atoms with van der Waals surface area (Å²) in [7, 11) is -1.66. The van der Waals surface area contributed by atoms with Gasteiger partial charge in [-0.15, -0.1) is 0 Å². The monoisotopic (exact) mass is 439 g/mol. The van der Waals surface area contributed by atoms with Crippen LogP contribution in [0, 0.1) is 0 Å². The molecule has 0 aliphatic heterocycles. The van der Waals surface area contributed by atoms with Gasteiger partial charge in [0.2, 0.25) is 10.9 Å². The number of carbonyl (C=O) groups is 1. The number of esters is 1. The van der Waals surface area contributed by atoms with E-state index in [4.69, 9.17) is 4.42 Å². The topological polar surface area (TPSA) is 119 Å². The molecule has 0 fully saturated rings. The third-order valence-corrected chi connectivity index (χ3v) is 5.97. The second kappa shape index (κ2) is 8.03. The lowest BCUT2D eigenvalue weighted by Crippen LogP contribution is -2.21. The maximum absolute atomic E-state index is 12.7. The number of carbonyl (C=O) groups excluding carboxylic acids is 1. The number of nitrogens with zero attached hydrogens (tertiary/aromatic N) is 5. The third kappa shape index (κ3) is 3.90. The van der Waals surface area contributed by atoms with Crippen LogP contribution in [-0.4, -0.2) is 53.5 Å². The van der Waals surface area contributed by atoms with Crippen molar-refractivity contribution in [2.75, 3.05) is 14.2 Å². The number of ether oxygens (including phenoxy) is 1. The minimum atomic E-state index is -4.09. The zero-order chi connectivity index (χ0) is 22.0. The van der Waals surface area contributed by atoms with Gasteiger partial charge in [0.1, 0.15) is 5.65 Å². The Morgan fingerprint density at radius 1 is 1.19 bits per heavy atom. The first kappa shape index (κ1) is 20.3. The Balaban J connectivity index is 1.61. The zero-order valence-electron chi connectivity index (χ0n) is 16.5. The highest BCUT2D eigenvalue weighted by atomic mass is 32.2. The summed E-state index contributed by atoms with van der Waals surface area (Å²) in [6.45, 7) is 0. The molecule has 0 N–H and O–H groups in total. The number of hydrogen-bond acceptors (Lipinski definition) is 8. The van der Waals surface area contributed by atoms with Crippen molar-refractivity contribution in [3.63, 3.8) is 0 Å². The standard InChI is InChI=1S/C20H17N5O5S/c1-24(31(27,28)19-8-6-17(30-19)20(26)29-2)23-12-16-11-22-18-7-5-15(13-25(16)18)14-4-3-9-21-10-14/h3-13H,1-2H3/b23-12+. The summed E-state index contributed by atoms with van der Waals surface area (Å²) in [5.41, 5.74) is 3.09. The summed E-state index contributed by atoms with van der Waals surface area (Å²) in [6, 6.07) is 9.94. The molecule has 0 aliphatic rings. The van der Waals surface area contributed by atoms with Crippen LogP contribution in [0.3, 0.4) is 0 Å². The van der Waals surface area contributed by atoms with Crippen molar-refractivity contribution in [1.29, 1.82) is 0 Å². The van der Waals surface area contributed by atoms with Crippen LogP contribution in [0.2, 0.25) is 0 Å². The van der Waals surface area contributed by atoms with Crippen LogP contribution in [-0.2, 0) is 14.8 Å². The van der Waals surface area contributed by atoms with Gasteiger partial charge in [0, 0.05) is 36.8 Å². The second-order valence-corrected chi connectivity index (χ2v) is 8.25. The molecule has 0 unspecified atom stereocenters. The van der Waals surface area contributed by atoms with Gasteiger partial charge in [0.05, 0.1) is 25.2 Å². The number of pyridine rings is 2. The zero-order valence-corrected chi connectivity index (χ0v) is 17.4. The molecule has 0 bridgehead atoms. The Hall–Kier alpha value is -3.99. The van der Waals surface area contributed by atoms with Crippen molar-refractivity contribution in [3.8, 4) is 11.1 Å². The Morgan fingerprint density at radius 2 is 2.03 bits per heavy atom. The third-order valence-electron chi connectivity index (χ3n) is 4.45. The van der Waals surface area contributed by atoms with Gasteiger partial charge < -0.3 is 9.15 Å². The van der Waals surface area contributed by atoms with Gasteiger partial charge in [-0.1, -0.05) is 6.07 Å². The highest BCUT2D eigenvalue weighted by Crippen LogP contribution is 2.20. The molecular formula is C20H17N5O5S. The molecule has 0 aliphatic carbocycles. The Morgan fingerprint density at radius 3 is 2.77 bits per heavy atom. The van der Waals surface area contributed by atoms with E-state index >= 15 is 0 Å². The van der Waals surface area contributed by atoms with Crippen molar-refractivity contribution < 1.29 is 22.4 Å². The quantitative estimate of drug-likeness (QED) is 0.257. The number of sulfonamides is 1. The molecule has 158 valence electrons. The van der Waals surface area contributed by atoms with Crippen LogP contribution >= 0.6 is 0 Å². The number of furan rings is 1. The SMILES string of the molecule is COC(=O)c1ccc(S(=O)(=O)N(C)/N=C/c2cnc3ccc(-c4cccnc4)cn23)o1. The maximum atomic E-state index is 12.7. The average Bonchev–Trinajstić information content (AvgIpc) is 3.45. The predicted molar refractivity (Wildman–Crippen MR) is 111 cm³/mol. The van der Waals surface area contributed by atoms with E-state index in [-0.39, 0.29) is 5.76 Å². The van der Waals surface area contributed by atoms with Crippen molar-refractivity contribution in [2.24, 2.45) is 5.10 Å². The van der Waals surface area contributed by atoms with E-state index in [0.717, 1.165) is 15.5 Å². The van der Waals surface area contributed by atoms with Gasteiger partial charge >= 0.3 is 16.0 Å². The number of methoxy groups -OCH3 is 1. The van der Waals surface area contributed by atoms with Crippen LogP contribution in [0.4, 0.5) is 0 Å². The van der Waals surface area contributed by atoms with E-state index in [2.05, 4.69) is 19.8 Å². The molecular weight excluding hydrogens is 422 g/mol. The molecule has 4 heterocycles. The van der Waals surface area contributed by atoms with E-state index in [1.165, 1.54) is 32.5 Å². The van der Waals surface area contributed by atoms with Gasteiger partial charge in [-0.3, -0.25) is 9.38 Å². The lowest BCUT2D eigenvalue weighted by molar-refractivity contribution is 0.0558. The lowest BCUT2D eigenvalue weighted by Gasteiger charge is -2.11. The normalized spacial score (nSPS) is 11.8. The molecule has 31 heavy (non-hydrogen) atoms. The van der Waals surface area contributed by atoms with Crippen LogP contribution in [0.5, 0.6) is 0 Å². The van der Waals surface area contributed by atoms with Crippen molar-refractivity contribution in [1.82, 2.24) is 18.8 Å². The van der Waals surface area contributed by atoms with Crippen molar-refractivity contribution in [3.05, 3.63) is 72.6 Å². The molecule has 0 spiro atoms. The molecule has 0 amide bonds. The molecule has 0 saturated carbocycles. The summed E-state index contributed by atoms with van der Waals surface area (Å²) < 4.78 is 37.5. The largest absolute Gasteiger partial charge is 0.463 e. The minimum absolute atomic E-state index is 0.219.